The maximum Gasteiger partial charge on any atom is 0.0115 e. The normalized spacial score (nSPS) is 34.8. The van der Waals surface area contributed by atoms with Gasteiger partial charge in [-0.1, -0.05) is 6.42 Å². The zero-order chi connectivity index (χ0) is 10.7. The van der Waals surface area contributed by atoms with Crippen LogP contribution in [0, 0.1) is 0 Å². The largest absolute Gasteiger partial charge is 0.330 e. The second kappa shape index (κ2) is 5.28. The zero-order valence-corrected chi connectivity index (χ0v) is 9.99. The number of nitrogens with two attached hydrogens (primary N) is 1. The topological polar surface area (TPSA) is 32.5 Å². The average Bonchev–Trinajstić information content (AvgIpc) is 2.43. The second-order valence-corrected chi connectivity index (χ2v) is 5.15. The highest BCUT2D eigenvalue weighted by molar-refractivity contribution is 4.87. The molecule has 0 aliphatic carbocycles. The fourth-order valence-electron chi connectivity index (χ4n) is 3.16. The Balaban J connectivity index is 1.98. The molecule has 0 amide bonds. The molecule has 0 radical (unpaired) electrons. The standard InChI is InChI=1S/C12H25N3/c1-14-8-6-12-4-2-3-11(5-7-13)15(12)10-9-14/h11-12H,2-10,13H2,1H3. The van der Waals surface area contributed by atoms with Gasteiger partial charge in [0, 0.05) is 25.2 Å². The Morgan fingerprint density at radius 2 is 2.00 bits per heavy atom. The number of nitrogens with zero attached hydrogens (tertiary/aromatic N) is 2. The molecule has 2 saturated heterocycles. The Hall–Kier alpha value is -0.120. The lowest BCUT2D eigenvalue weighted by Crippen LogP contribution is -2.47. The van der Waals surface area contributed by atoms with E-state index in [2.05, 4.69) is 16.8 Å². The highest BCUT2D eigenvalue weighted by Gasteiger charge is 2.31. The summed E-state index contributed by atoms with van der Waals surface area (Å²) in [5.74, 6) is 0. The van der Waals surface area contributed by atoms with Gasteiger partial charge in [-0.2, -0.15) is 0 Å². The van der Waals surface area contributed by atoms with Crippen molar-refractivity contribution >= 4 is 0 Å². The lowest BCUT2D eigenvalue weighted by atomic mass is 9.92. The van der Waals surface area contributed by atoms with Crippen molar-refractivity contribution < 1.29 is 0 Å². The van der Waals surface area contributed by atoms with Gasteiger partial charge < -0.3 is 10.6 Å². The van der Waals surface area contributed by atoms with Crippen molar-refractivity contribution in [3.8, 4) is 0 Å². The molecule has 2 rings (SSSR count). The molecule has 2 atom stereocenters. The van der Waals surface area contributed by atoms with Crippen LogP contribution in [-0.2, 0) is 0 Å². The molecular weight excluding hydrogens is 186 g/mol. The molecule has 0 bridgehead atoms. The van der Waals surface area contributed by atoms with Crippen LogP contribution >= 0.6 is 0 Å². The summed E-state index contributed by atoms with van der Waals surface area (Å²) in [5.41, 5.74) is 5.71. The van der Waals surface area contributed by atoms with Gasteiger partial charge in [-0.05, 0) is 45.8 Å². The first kappa shape index (κ1) is 11.4. The van der Waals surface area contributed by atoms with E-state index in [0.717, 1.165) is 18.6 Å². The number of piperidine rings is 1. The van der Waals surface area contributed by atoms with Crippen molar-refractivity contribution in [2.45, 2.75) is 44.2 Å². The van der Waals surface area contributed by atoms with Crippen LogP contribution in [-0.4, -0.2) is 55.1 Å². The van der Waals surface area contributed by atoms with E-state index in [9.17, 15) is 0 Å². The third kappa shape index (κ3) is 2.71. The van der Waals surface area contributed by atoms with Crippen molar-refractivity contribution in [3.63, 3.8) is 0 Å². The molecular formula is C12H25N3. The molecule has 2 unspecified atom stereocenters. The molecule has 0 aromatic heterocycles. The van der Waals surface area contributed by atoms with Gasteiger partial charge in [0.15, 0.2) is 0 Å². The molecule has 3 nitrogen and oxygen atoms in total. The first-order valence-corrected chi connectivity index (χ1v) is 6.45. The molecule has 2 aliphatic rings. The molecule has 2 heterocycles. The minimum atomic E-state index is 0.778. The van der Waals surface area contributed by atoms with E-state index < -0.39 is 0 Å². The van der Waals surface area contributed by atoms with E-state index >= 15 is 0 Å². The summed E-state index contributed by atoms with van der Waals surface area (Å²) in [5, 5.41) is 0. The van der Waals surface area contributed by atoms with E-state index in [1.807, 2.05) is 0 Å². The molecule has 2 N–H and O–H groups in total. The lowest BCUT2D eigenvalue weighted by molar-refractivity contribution is 0.0851. The number of hydrogen-bond donors (Lipinski definition) is 1. The molecule has 15 heavy (non-hydrogen) atoms. The fraction of sp³-hybridized carbons (Fsp3) is 1.00. The SMILES string of the molecule is CN1CCC2CCCC(CCN)N2CC1. The Morgan fingerprint density at radius 3 is 2.80 bits per heavy atom. The molecule has 0 spiro atoms. The first-order chi connectivity index (χ1) is 7.31. The van der Waals surface area contributed by atoms with Gasteiger partial charge in [0.2, 0.25) is 0 Å². The third-order valence-electron chi connectivity index (χ3n) is 4.10. The van der Waals surface area contributed by atoms with Gasteiger partial charge in [-0.15, -0.1) is 0 Å². The zero-order valence-electron chi connectivity index (χ0n) is 9.99. The van der Waals surface area contributed by atoms with Crippen molar-refractivity contribution in [1.29, 1.82) is 0 Å². The van der Waals surface area contributed by atoms with Crippen molar-refractivity contribution in [1.82, 2.24) is 9.80 Å². The molecule has 88 valence electrons. The Labute approximate surface area is 93.6 Å². The van der Waals surface area contributed by atoms with Gasteiger partial charge >= 0.3 is 0 Å². The van der Waals surface area contributed by atoms with Crippen LogP contribution in [0.1, 0.15) is 32.1 Å². The lowest BCUT2D eigenvalue weighted by Gasteiger charge is -2.41. The van der Waals surface area contributed by atoms with Crippen LogP contribution in [0.3, 0.4) is 0 Å². The van der Waals surface area contributed by atoms with Crippen molar-refractivity contribution in [2.75, 3.05) is 33.2 Å². The Bertz CT molecular complexity index is 187. The van der Waals surface area contributed by atoms with E-state index in [1.54, 1.807) is 0 Å². The average molecular weight is 211 g/mol. The number of fused-ring (bicyclic) bond motifs is 1. The van der Waals surface area contributed by atoms with Crippen LogP contribution in [0.4, 0.5) is 0 Å². The Morgan fingerprint density at radius 1 is 1.13 bits per heavy atom. The summed E-state index contributed by atoms with van der Waals surface area (Å²) in [6, 6.07) is 1.63. The van der Waals surface area contributed by atoms with Crippen LogP contribution < -0.4 is 5.73 Å². The Kier molecular flexibility index (Phi) is 4.00. The molecule has 0 saturated carbocycles. The van der Waals surface area contributed by atoms with Crippen LogP contribution in [0.15, 0.2) is 0 Å². The fourth-order valence-corrected chi connectivity index (χ4v) is 3.16. The highest BCUT2D eigenvalue weighted by Crippen LogP contribution is 2.27. The summed E-state index contributed by atoms with van der Waals surface area (Å²) in [6.07, 6.45) is 6.75. The van der Waals surface area contributed by atoms with Crippen LogP contribution in [0.25, 0.3) is 0 Å². The van der Waals surface area contributed by atoms with Gasteiger partial charge in [-0.3, -0.25) is 4.90 Å². The highest BCUT2D eigenvalue weighted by atomic mass is 15.2. The predicted octanol–water partition coefficient (Wildman–Crippen LogP) is 0.894. The monoisotopic (exact) mass is 211 g/mol. The molecule has 0 aromatic rings. The summed E-state index contributed by atoms with van der Waals surface area (Å²) in [4.78, 5) is 5.22. The summed E-state index contributed by atoms with van der Waals surface area (Å²) in [6.45, 7) is 4.61. The van der Waals surface area contributed by atoms with Gasteiger partial charge in [-0.25, -0.2) is 0 Å². The van der Waals surface area contributed by atoms with E-state index in [4.69, 9.17) is 5.73 Å². The number of likely N-dealkylation sites (N-methyl/N-ethyl adjacent to an activating group) is 1. The van der Waals surface area contributed by atoms with Gasteiger partial charge in [0.1, 0.15) is 0 Å². The van der Waals surface area contributed by atoms with Crippen LogP contribution in [0.2, 0.25) is 0 Å². The number of hydrogen-bond acceptors (Lipinski definition) is 3. The first-order valence-electron chi connectivity index (χ1n) is 6.45. The summed E-state index contributed by atoms with van der Waals surface area (Å²) >= 11 is 0. The molecule has 2 fully saturated rings. The van der Waals surface area contributed by atoms with Crippen molar-refractivity contribution in [3.05, 3.63) is 0 Å². The van der Waals surface area contributed by atoms with E-state index in [-0.39, 0.29) is 0 Å². The summed E-state index contributed by atoms with van der Waals surface area (Å²) in [7, 11) is 2.25. The van der Waals surface area contributed by atoms with Gasteiger partial charge in [0.25, 0.3) is 0 Å². The van der Waals surface area contributed by atoms with E-state index in [0.29, 0.717) is 0 Å². The summed E-state index contributed by atoms with van der Waals surface area (Å²) < 4.78 is 0. The second-order valence-electron chi connectivity index (χ2n) is 5.15. The molecule has 2 aliphatic heterocycles. The maximum atomic E-state index is 5.71. The smallest absolute Gasteiger partial charge is 0.0115 e. The minimum absolute atomic E-state index is 0.778. The molecule has 0 aromatic carbocycles. The predicted molar refractivity (Wildman–Crippen MR) is 63.9 cm³/mol. The van der Waals surface area contributed by atoms with Crippen LogP contribution in [0.5, 0.6) is 0 Å². The maximum absolute atomic E-state index is 5.71. The number of rotatable bonds is 2. The van der Waals surface area contributed by atoms with Crippen molar-refractivity contribution in [2.24, 2.45) is 5.73 Å². The minimum Gasteiger partial charge on any atom is -0.330 e. The molecule has 3 heteroatoms. The van der Waals surface area contributed by atoms with E-state index in [1.165, 1.54) is 51.7 Å². The van der Waals surface area contributed by atoms with Gasteiger partial charge in [0.05, 0.1) is 0 Å². The third-order valence-corrected chi connectivity index (χ3v) is 4.10. The quantitative estimate of drug-likeness (QED) is 0.736.